The highest BCUT2D eigenvalue weighted by molar-refractivity contribution is 5.95. The number of benzene rings is 2. The molecule has 0 aliphatic rings. The summed E-state index contributed by atoms with van der Waals surface area (Å²) in [6.45, 7) is 2.18. The number of H-pyrrole nitrogens is 1. The molecule has 3 rings (SSSR count). The summed E-state index contributed by atoms with van der Waals surface area (Å²) < 4.78 is 0. The van der Waals surface area contributed by atoms with Crippen LogP contribution in [0.2, 0.25) is 0 Å². The zero-order valence-electron chi connectivity index (χ0n) is 13.2. The molecule has 116 valence electrons. The van der Waals surface area contributed by atoms with Crippen molar-refractivity contribution in [3.8, 4) is 0 Å². The molecule has 4 nitrogen and oxygen atoms in total. The van der Waals surface area contributed by atoms with Crippen molar-refractivity contribution in [3.63, 3.8) is 0 Å². The first kappa shape index (κ1) is 15.0. The van der Waals surface area contributed by atoms with E-state index in [9.17, 15) is 9.59 Å². The number of hydrogen-bond acceptors (Lipinski definition) is 2. The molecule has 4 heteroatoms. The molecule has 23 heavy (non-hydrogen) atoms. The van der Waals surface area contributed by atoms with E-state index >= 15 is 0 Å². The Bertz CT molecular complexity index is 928. The van der Waals surface area contributed by atoms with Gasteiger partial charge in [0, 0.05) is 23.7 Å². The van der Waals surface area contributed by atoms with Gasteiger partial charge in [-0.05, 0) is 36.1 Å². The quantitative estimate of drug-likeness (QED) is 0.808. The molecular formula is C19H18N2O2. The Morgan fingerprint density at radius 1 is 1.09 bits per heavy atom. The van der Waals surface area contributed by atoms with Crippen molar-refractivity contribution in [2.75, 3.05) is 7.05 Å². The highest BCUT2D eigenvalue weighted by atomic mass is 16.2. The Labute approximate surface area is 134 Å². The number of nitrogens with zero attached hydrogens (tertiary/aromatic N) is 1. The van der Waals surface area contributed by atoms with Gasteiger partial charge in [0.2, 0.25) is 0 Å². The van der Waals surface area contributed by atoms with Gasteiger partial charge < -0.3 is 9.88 Å². The predicted molar refractivity (Wildman–Crippen MR) is 91.5 cm³/mol. The van der Waals surface area contributed by atoms with Gasteiger partial charge in [-0.1, -0.05) is 36.4 Å². The maximum Gasteiger partial charge on any atom is 0.254 e. The molecule has 0 saturated heterocycles. The Balaban J connectivity index is 1.89. The molecule has 0 spiro atoms. The third-order valence-corrected chi connectivity index (χ3v) is 3.96. The van der Waals surface area contributed by atoms with E-state index in [1.165, 1.54) is 0 Å². The molecule has 1 amide bonds. The molecule has 0 fully saturated rings. The van der Waals surface area contributed by atoms with Gasteiger partial charge in [-0.15, -0.1) is 0 Å². The van der Waals surface area contributed by atoms with Crippen LogP contribution in [0.3, 0.4) is 0 Å². The van der Waals surface area contributed by atoms with Crippen LogP contribution in [0.4, 0.5) is 0 Å². The number of para-hydroxylation sites is 1. The van der Waals surface area contributed by atoms with Gasteiger partial charge in [-0.3, -0.25) is 9.59 Å². The molecular weight excluding hydrogens is 288 g/mol. The SMILES string of the molecule is Cc1ccccc1C(=O)N(C)Cc1cc2ccccc2[nH]c1=O. The summed E-state index contributed by atoms with van der Waals surface area (Å²) >= 11 is 0. The molecule has 0 aliphatic heterocycles. The number of aryl methyl sites for hydroxylation is 1. The minimum Gasteiger partial charge on any atom is -0.337 e. The Kier molecular flexibility index (Phi) is 3.98. The van der Waals surface area contributed by atoms with Crippen LogP contribution in [-0.4, -0.2) is 22.8 Å². The Morgan fingerprint density at radius 2 is 1.78 bits per heavy atom. The van der Waals surface area contributed by atoms with Gasteiger partial charge in [0.25, 0.3) is 11.5 Å². The number of carbonyl (C=O) groups is 1. The molecule has 0 aliphatic carbocycles. The summed E-state index contributed by atoms with van der Waals surface area (Å²) in [6, 6.07) is 16.9. The van der Waals surface area contributed by atoms with Crippen LogP contribution in [-0.2, 0) is 6.54 Å². The van der Waals surface area contributed by atoms with Crippen molar-refractivity contribution in [1.82, 2.24) is 9.88 Å². The van der Waals surface area contributed by atoms with Gasteiger partial charge >= 0.3 is 0 Å². The average molecular weight is 306 g/mol. The molecule has 2 aromatic carbocycles. The smallest absolute Gasteiger partial charge is 0.254 e. The molecule has 1 aromatic heterocycles. The fraction of sp³-hybridized carbons (Fsp3) is 0.158. The number of aromatic nitrogens is 1. The van der Waals surface area contributed by atoms with Crippen molar-refractivity contribution < 1.29 is 4.79 Å². The summed E-state index contributed by atoms with van der Waals surface area (Å²) in [5, 5.41) is 0.957. The van der Waals surface area contributed by atoms with E-state index in [-0.39, 0.29) is 18.0 Å². The molecule has 1 N–H and O–H groups in total. The third-order valence-electron chi connectivity index (χ3n) is 3.96. The predicted octanol–water partition coefficient (Wildman–Crippen LogP) is 3.11. The fourth-order valence-electron chi connectivity index (χ4n) is 2.66. The number of aromatic amines is 1. The van der Waals surface area contributed by atoms with E-state index < -0.39 is 0 Å². The maximum atomic E-state index is 12.6. The molecule has 0 saturated carbocycles. The highest BCUT2D eigenvalue weighted by Crippen LogP contribution is 2.14. The zero-order chi connectivity index (χ0) is 16.4. The lowest BCUT2D eigenvalue weighted by Gasteiger charge is -2.18. The Hall–Kier alpha value is -2.88. The number of rotatable bonds is 3. The van der Waals surface area contributed by atoms with Crippen LogP contribution in [0, 0.1) is 6.92 Å². The first-order valence-corrected chi connectivity index (χ1v) is 7.48. The number of hydrogen-bond donors (Lipinski definition) is 1. The normalized spacial score (nSPS) is 10.7. The first-order valence-electron chi connectivity index (χ1n) is 7.48. The summed E-state index contributed by atoms with van der Waals surface area (Å²) in [5.41, 5.74) is 2.80. The number of fused-ring (bicyclic) bond motifs is 1. The molecule has 0 atom stereocenters. The van der Waals surface area contributed by atoms with E-state index in [1.807, 2.05) is 55.5 Å². The van der Waals surface area contributed by atoms with Gasteiger partial charge in [-0.25, -0.2) is 0 Å². The van der Waals surface area contributed by atoms with Gasteiger partial charge in [-0.2, -0.15) is 0 Å². The van der Waals surface area contributed by atoms with E-state index in [1.54, 1.807) is 18.0 Å². The van der Waals surface area contributed by atoms with Crippen LogP contribution in [0.25, 0.3) is 10.9 Å². The lowest BCUT2D eigenvalue weighted by molar-refractivity contribution is 0.0784. The molecule has 0 unspecified atom stereocenters. The van der Waals surface area contributed by atoms with E-state index in [2.05, 4.69) is 4.98 Å². The van der Waals surface area contributed by atoms with E-state index in [0.29, 0.717) is 11.1 Å². The van der Waals surface area contributed by atoms with E-state index in [0.717, 1.165) is 16.5 Å². The second-order valence-corrected chi connectivity index (χ2v) is 5.69. The Morgan fingerprint density at radius 3 is 2.57 bits per heavy atom. The highest BCUT2D eigenvalue weighted by Gasteiger charge is 2.15. The lowest BCUT2D eigenvalue weighted by atomic mass is 10.1. The van der Waals surface area contributed by atoms with Gasteiger partial charge in [0.15, 0.2) is 0 Å². The second kappa shape index (κ2) is 6.08. The van der Waals surface area contributed by atoms with Crippen molar-refractivity contribution in [1.29, 1.82) is 0 Å². The number of nitrogens with one attached hydrogen (secondary N) is 1. The van der Waals surface area contributed by atoms with Crippen LogP contribution in [0.1, 0.15) is 21.5 Å². The van der Waals surface area contributed by atoms with Crippen molar-refractivity contribution in [2.45, 2.75) is 13.5 Å². The number of amides is 1. The van der Waals surface area contributed by atoms with Crippen molar-refractivity contribution >= 4 is 16.8 Å². The first-order chi connectivity index (χ1) is 11.1. The topological polar surface area (TPSA) is 53.2 Å². The summed E-state index contributed by atoms with van der Waals surface area (Å²) in [4.78, 5) is 29.2. The van der Waals surface area contributed by atoms with Gasteiger partial charge in [0.1, 0.15) is 0 Å². The van der Waals surface area contributed by atoms with E-state index in [4.69, 9.17) is 0 Å². The summed E-state index contributed by atoms with van der Waals surface area (Å²) in [7, 11) is 1.71. The number of carbonyl (C=O) groups excluding carboxylic acids is 1. The minimum absolute atomic E-state index is 0.0874. The zero-order valence-corrected chi connectivity index (χ0v) is 13.2. The molecule has 0 bridgehead atoms. The maximum absolute atomic E-state index is 12.6. The van der Waals surface area contributed by atoms with Crippen molar-refractivity contribution in [2.24, 2.45) is 0 Å². The van der Waals surface area contributed by atoms with Crippen LogP contribution < -0.4 is 5.56 Å². The third kappa shape index (κ3) is 3.01. The summed E-state index contributed by atoms with van der Waals surface area (Å²) in [6.07, 6.45) is 0. The molecule has 1 heterocycles. The minimum atomic E-state index is -0.159. The lowest BCUT2D eigenvalue weighted by Crippen LogP contribution is -2.29. The van der Waals surface area contributed by atoms with Crippen LogP contribution in [0.15, 0.2) is 59.4 Å². The average Bonchev–Trinajstić information content (AvgIpc) is 2.55. The van der Waals surface area contributed by atoms with Crippen LogP contribution >= 0.6 is 0 Å². The fourth-order valence-corrected chi connectivity index (χ4v) is 2.66. The molecule has 3 aromatic rings. The summed E-state index contributed by atoms with van der Waals surface area (Å²) in [5.74, 6) is -0.0874. The van der Waals surface area contributed by atoms with Gasteiger partial charge in [0.05, 0.1) is 6.54 Å². The van der Waals surface area contributed by atoms with Crippen LogP contribution in [0.5, 0.6) is 0 Å². The largest absolute Gasteiger partial charge is 0.337 e. The second-order valence-electron chi connectivity index (χ2n) is 5.69. The number of pyridine rings is 1. The standard InChI is InChI=1S/C19H18N2O2/c1-13-7-3-5-9-16(13)19(23)21(2)12-15-11-14-8-4-6-10-17(14)20-18(15)22/h3-11H,12H2,1-2H3,(H,20,22). The van der Waals surface area contributed by atoms with Crippen molar-refractivity contribution in [3.05, 3.63) is 81.6 Å². The monoisotopic (exact) mass is 306 g/mol. The molecule has 0 radical (unpaired) electrons.